The van der Waals surface area contributed by atoms with E-state index < -0.39 is 116 Å². The highest BCUT2D eigenvalue weighted by atomic mass is 127. The molecule has 2 aromatic rings. The lowest BCUT2D eigenvalue weighted by molar-refractivity contribution is -0.155. The van der Waals surface area contributed by atoms with Gasteiger partial charge in [0.2, 0.25) is 11.6 Å². The molecule has 8 atom stereocenters. The van der Waals surface area contributed by atoms with Gasteiger partial charge in [-0.05, 0) is 137 Å². The van der Waals surface area contributed by atoms with Crippen molar-refractivity contribution in [2.45, 2.75) is 56.4 Å². The van der Waals surface area contributed by atoms with Crippen LogP contribution < -0.4 is 11.5 Å². The number of rotatable bonds is 7. The fraction of sp³-hybridized carbons (Fsp3) is 0.417. The number of aromatic hydroxyl groups is 2. The number of aliphatic hydroxyl groups excluding tert-OH is 4. The molecule has 0 heterocycles. The monoisotopic (exact) mass is 1050 g/mol. The van der Waals surface area contributed by atoms with Gasteiger partial charge in [0.05, 0.1) is 23.2 Å². The number of ketones is 4. The molecule has 12 N–H and O–H groups in total. The van der Waals surface area contributed by atoms with Crippen molar-refractivity contribution >= 4 is 75.1 Å². The summed E-state index contributed by atoms with van der Waals surface area (Å²) in [6.07, 6.45) is 4.49. The lowest BCUT2D eigenvalue weighted by atomic mass is 9.57. The number of primary amides is 2. The number of halogens is 1. The number of phenolic OH excluding ortho intramolecular Hbond substituents is 2. The second kappa shape index (κ2) is 18.2. The van der Waals surface area contributed by atoms with Crippen molar-refractivity contribution in [1.82, 2.24) is 14.7 Å². The Labute approximate surface area is 405 Å². The molecule has 68 heavy (non-hydrogen) atoms. The molecule has 364 valence electrons. The first kappa shape index (κ1) is 51.5. The van der Waals surface area contributed by atoms with Gasteiger partial charge in [-0.3, -0.25) is 38.6 Å². The van der Waals surface area contributed by atoms with E-state index in [1.54, 1.807) is 40.3 Å². The Morgan fingerprint density at radius 1 is 0.676 bits per heavy atom. The van der Waals surface area contributed by atoms with Crippen LogP contribution in [0.2, 0.25) is 0 Å². The summed E-state index contributed by atoms with van der Waals surface area (Å²) in [5.74, 6) is -13.0. The van der Waals surface area contributed by atoms with Gasteiger partial charge < -0.3 is 57.2 Å². The molecule has 8 rings (SSSR count). The molecule has 6 aliphatic rings. The lowest BCUT2D eigenvalue weighted by Gasteiger charge is -2.50. The molecule has 2 saturated carbocycles. The summed E-state index contributed by atoms with van der Waals surface area (Å²) in [4.78, 5) is 82.3. The van der Waals surface area contributed by atoms with Crippen LogP contribution in [0, 0.1) is 27.2 Å². The van der Waals surface area contributed by atoms with E-state index in [4.69, 9.17) is 11.5 Å². The van der Waals surface area contributed by atoms with Crippen molar-refractivity contribution in [3.05, 3.63) is 95.5 Å². The maximum absolute atomic E-state index is 13.8. The zero-order valence-corrected chi connectivity index (χ0v) is 39.5. The molecule has 6 aliphatic carbocycles. The predicted molar refractivity (Wildman–Crippen MR) is 256 cm³/mol. The van der Waals surface area contributed by atoms with Crippen molar-refractivity contribution < 1.29 is 69.6 Å². The number of phenols is 2. The molecule has 0 bridgehead atoms. The van der Waals surface area contributed by atoms with Crippen LogP contribution >= 0.6 is 22.6 Å². The van der Waals surface area contributed by atoms with Crippen LogP contribution in [0.15, 0.2) is 64.2 Å². The van der Waals surface area contributed by atoms with Gasteiger partial charge >= 0.3 is 0 Å². The third kappa shape index (κ3) is 7.61. The summed E-state index contributed by atoms with van der Waals surface area (Å²) < 4.78 is 0.784. The molecule has 20 heteroatoms. The molecule has 0 saturated heterocycles. The smallest absolute Gasteiger partial charge is 0.255 e. The van der Waals surface area contributed by atoms with Gasteiger partial charge in [-0.15, -0.1) is 0 Å². The van der Waals surface area contributed by atoms with Gasteiger partial charge in [0.25, 0.3) is 11.8 Å². The third-order valence-corrected chi connectivity index (χ3v) is 15.0. The number of likely N-dealkylation sites (N-methyl/N-ethyl adjacent to an activating group) is 3. The summed E-state index contributed by atoms with van der Waals surface area (Å²) in [6.45, 7) is 0.667. The quantitative estimate of drug-likeness (QED) is 0.139. The minimum atomic E-state index is -2.64. The Kier molecular flexibility index (Phi) is 13.8. The number of carbonyl (C=O) groups excluding carboxylic acids is 6. The van der Waals surface area contributed by atoms with Crippen LogP contribution in [0.4, 0.5) is 0 Å². The van der Waals surface area contributed by atoms with Crippen molar-refractivity contribution in [3.8, 4) is 11.5 Å². The summed E-state index contributed by atoms with van der Waals surface area (Å²) in [5, 5.41) is 87.7. The van der Waals surface area contributed by atoms with Gasteiger partial charge in [-0.1, -0.05) is 25.6 Å². The summed E-state index contributed by atoms with van der Waals surface area (Å²) in [7, 11) is 10.1. The second-order valence-electron chi connectivity index (χ2n) is 18.5. The third-order valence-electron chi connectivity index (χ3n) is 14.0. The van der Waals surface area contributed by atoms with Crippen molar-refractivity contribution in [1.29, 1.82) is 0 Å². The fourth-order valence-corrected chi connectivity index (χ4v) is 11.7. The average molecular weight is 1050 g/mol. The minimum Gasteiger partial charge on any atom is -0.508 e. The molecule has 0 radical (unpaired) electrons. The maximum atomic E-state index is 13.8. The van der Waals surface area contributed by atoms with E-state index in [2.05, 4.69) is 22.6 Å². The van der Waals surface area contributed by atoms with Crippen LogP contribution in [0.3, 0.4) is 0 Å². The average Bonchev–Trinajstić information content (AvgIpc) is 3.22. The number of benzene rings is 2. The number of aliphatic hydroxyl groups is 6. The number of nitrogens with two attached hydrogens (primary N) is 2. The normalized spacial score (nSPS) is 28.7. The van der Waals surface area contributed by atoms with Crippen LogP contribution in [0.25, 0.3) is 17.6 Å². The van der Waals surface area contributed by atoms with Gasteiger partial charge in [0.15, 0.2) is 22.8 Å². The van der Waals surface area contributed by atoms with E-state index in [0.29, 0.717) is 24.1 Å². The fourth-order valence-electron chi connectivity index (χ4n) is 11.0. The standard InChI is InChI=1S/C26H31N3O7.C21H21IN2O7.CH4/c1-28(2)9-5-6-12-7-8-16(30)18-14(12)10-13-11-15-20(29(3)4)22(32)19(25(27)35)24(34)26(15,36)23(33)17(13)21(18)31;1-24(2)15-9-6-7-5-8-10(22)3-4-11(25)13(8)16(26)12(7)18(28)21(9,31)19(29)14(17(15)27)20(23)30;/h5-8,13,15,20,30-31,34,36H,9-11H2,1-4H3,(H2,27,35);3-4,7,9,15,25-26,29,31H,5-6H2,1-2H3,(H2,23,30);1H4/b6-5+;;/t13-,15-,20-,26-;7-,9-,15-,21-;/m00./s1. The maximum Gasteiger partial charge on any atom is 0.255 e. The number of carbonyl (C=O) groups is 6. The first-order valence-electron chi connectivity index (χ1n) is 21.2. The van der Waals surface area contributed by atoms with E-state index in [0.717, 1.165) is 9.13 Å². The topological polar surface area (TPSA) is 326 Å². The molecule has 0 spiro atoms. The van der Waals surface area contributed by atoms with Crippen LogP contribution in [-0.2, 0) is 41.6 Å². The van der Waals surface area contributed by atoms with Crippen LogP contribution in [-0.4, -0.2) is 163 Å². The Morgan fingerprint density at radius 2 is 1.07 bits per heavy atom. The first-order valence-corrected chi connectivity index (χ1v) is 22.3. The molecule has 0 aliphatic heterocycles. The molecular formula is C48H56IN5O14. The second-order valence-corrected chi connectivity index (χ2v) is 19.7. The Morgan fingerprint density at radius 3 is 1.47 bits per heavy atom. The van der Waals surface area contributed by atoms with Gasteiger partial charge in [-0.2, -0.15) is 0 Å². The van der Waals surface area contributed by atoms with Gasteiger partial charge in [0, 0.05) is 33.1 Å². The highest BCUT2D eigenvalue weighted by molar-refractivity contribution is 14.1. The number of hydrogen-bond acceptors (Lipinski definition) is 17. The molecule has 2 aromatic carbocycles. The van der Waals surface area contributed by atoms with E-state index in [-0.39, 0.29) is 60.5 Å². The Bertz CT molecular complexity index is 2750. The van der Waals surface area contributed by atoms with Gasteiger partial charge in [0.1, 0.15) is 45.7 Å². The van der Waals surface area contributed by atoms with E-state index >= 15 is 0 Å². The summed E-state index contributed by atoms with van der Waals surface area (Å²) in [6, 6.07) is 4.03. The predicted octanol–water partition coefficient (Wildman–Crippen LogP) is 1.74. The summed E-state index contributed by atoms with van der Waals surface area (Å²) >= 11 is 2.07. The number of nitrogens with zero attached hydrogens (tertiary/aromatic N) is 3. The molecule has 19 nitrogen and oxygen atoms in total. The number of amides is 2. The van der Waals surface area contributed by atoms with Crippen molar-refractivity contribution in [2.24, 2.45) is 35.1 Å². The van der Waals surface area contributed by atoms with Crippen molar-refractivity contribution in [2.75, 3.05) is 48.8 Å². The molecule has 2 amide bonds. The SMILES string of the molecule is C.CN(C)C/C=C/c1ccc(O)c2c1C[C@H]1C[C@H]3[C@H](N(C)C)C(=O)C(C(N)=O)=C(O)[C@@]3(O)C(=O)C1=C2O.CN(C)[C@@H]1C(=O)C(C(N)=O)=C(O)[C@@]2(O)C(=O)C3=C(O)c4c(O)ccc(I)c4C[C@H]3C[C@@H]12. The van der Waals surface area contributed by atoms with Crippen molar-refractivity contribution in [3.63, 3.8) is 0 Å². The number of Topliss-reactive ketones (excluding diaryl/α,β-unsaturated/α-hetero) is 4. The zero-order valence-electron chi connectivity index (χ0n) is 37.4. The minimum absolute atomic E-state index is 0. The highest BCUT2D eigenvalue weighted by Gasteiger charge is 2.66. The number of hydrogen-bond donors (Lipinski definition) is 10. The van der Waals surface area contributed by atoms with Gasteiger partial charge in [-0.25, -0.2) is 0 Å². The molecule has 0 unspecified atom stereocenters. The largest absolute Gasteiger partial charge is 0.508 e. The summed E-state index contributed by atoms with van der Waals surface area (Å²) in [5.41, 5.74) is 5.64. The Balaban J connectivity index is 0.000000223. The van der Waals surface area contributed by atoms with Crippen LogP contribution in [0.1, 0.15) is 48.1 Å². The van der Waals surface area contributed by atoms with E-state index in [9.17, 15) is 69.6 Å². The first-order chi connectivity index (χ1) is 31.2. The lowest BCUT2D eigenvalue weighted by Crippen LogP contribution is -2.65. The molecule has 2 fully saturated rings. The number of fused-ring (bicyclic) bond motifs is 6. The highest BCUT2D eigenvalue weighted by Crippen LogP contribution is 2.55. The van der Waals surface area contributed by atoms with Crippen LogP contribution in [0.5, 0.6) is 11.5 Å². The van der Waals surface area contributed by atoms with E-state index in [1.165, 1.54) is 21.9 Å². The molecule has 0 aromatic heterocycles. The zero-order chi connectivity index (χ0) is 49.7. The van der Waals surface area contributed by atoms with E-state index in [1.807, 2.05) is 31.1 Å². The Hall–Kier alpha value is -5.91. The molecular weight excluding hydrogens is 997 g/mol.